The molecule has 0 aliphatic heterocycles. The Balaban J connectivity index is 2.30. The first-order valence-corrected chi connectivity index (χ1v) is 5.34. The normalized spacial score (nSPS) is 10.7. The van der Waals surface area contributed by atoms with Crippen LogP contribution in [0, 0.1) is 5.82 Å². The minimum Gasteiger partial charge on any atom is -0.306 e. The molecule has 1 aromatic carbocycles. The Bertz CT molecular complexity index is 768. The lowest BCUT2D eigenvalue weighted by Crippen LogP contribution is -2.09. The number of hydrogen-bond donors (Lipinski definition) is 1. The van der Waals surface area contributed by atoms with Crippen molar-refractivity contribution >= 4 is 10.9 Å². The van der Waals surface area contributed by atoms with E-state index in [9.17, 15) is 9.18 Å². The van der Waals surface area contributed by atoms with Gasteiger partial charge in [0.05, 0.1) is 10.9 Å². The van der Waals surface area contributed by atoms with Crippen molar-refractivity contribution in [1.29, 1.82) is 0 Å². The number of fused-ring (bicyclic) bond motifs is 1. The molecule has 18 heavy (non-hydrogen) atoms. The molecule has 3 aromatic rings. The highest BCUT2D eigenvalue weighted by atomic mass is 19.1. The summed E-state index contributed by atoms with van der Waals surface area (Å²) >= 11 is 0. The highest BCUT2D eigenvalue weighted by Crippen LogP contribution is 2.15. The topological polar surface area (TPSA) is 58.6 Å². The molecule has 88 valence electrons. The smallest absolute Gasteiger partial charge is 0.259 e. The molecule has 4 nitrogen and oxygen atoms in total. The number of nitrogens with one attached hydrogen (secondary N) is 1. The summed E-state index contributed by atoms with van der Waals surface area (Å²) < 4.78 is 13.1. The van der Waals surface area contributed by atoms with Crippen LogP contribution in [0.5, 0.6) is 0 Å². The standard InChI is InChI=1S/C13H8FN3O/c14-9-3-4-10-11(6-9)16-12(17-13(10)18)8-2-1-5-15-7-8/h1-7H,(H,16,17,18). The molecule has 0 aliphatic rings. The number of aromatic nitrogens is 3. The number of pyridine rings is 1. The predicted molar refractivity (Wildman–Crippen MR) is 65.6 cm³/mol. The van der Waals surface area contributed by atoms with E-state index in [0.717, 1.165) is 0 Å². The number of halogens is 1. The van der Waals surface area contributed by atoms with Crippen molar-refractivity contribution in [2.45, 2.75) is 0 Å². The van der Waals surface area contributed by atoms with Gasteiger partial charge in [0.1, 0.15) is 11.6 Å². The van der Waals surface area contributed by atoms with E-state index >= 15 is 0 Å². The summed E-state index contributed by atoms with van der Waals surface area (Å²) in [4.78, 5) is 22.7. The zero-order valence-corrected chi connectivity index (χ0v) is 9.22. The van der Waals surface area contributed by atoms with Gasteiger partial charge in [0, 0.05) is 24.0 Å². The van der Waals surface area contributed by atoms with Gasteiger partial charge in [0.15, 0.2) is 0 Å². The Kier molecular flexibility index (Phi) is 2.37. The van der Waals surface area contributed by atoms with Crippen LogP contribution < -0.4 is 5.56 Å². The fraction of sp³-hybridized carbons (Fsp3) is 0. The molecule has 0 spiro atoms. The molecule has 0 bridgehead atoms. The Morgan fingerprint density at radius 1 is 1.22 bits per heavy atom. The molecule has 0 fully saturated rings. The summed E-state index contributed by atoms with van der Waals surface area (Å²) in [5.74, 6) is -0.0380. The monoisotopic (exact) mass is 241 g/mol. The van der Waals surface area contributed by atoms with Crippen molar-refractivity contribution in [3.05, 3.63) is 58.9 Å². The molecule has 2 aromatic heterocycles. The number of hydrogen-bond acceptors (Lipinski definition) is 3. The Morgan fingerprint density at radius 3 is 2.89 bits per heavy atom. The quantitative estimate of drug-likeness (QED) is 0.710. The second-order valence-electron chi connectivity index (χ2n) is 3.82. The molecule has 5 heteroatoms. The minimum atomic E-state index is -0.419. The van der Waals surface area contributed by atoms with Crippen molar-refractivity contribution in [3.63, 3.8) is 0 Å². The van der Waals surface area contributed by atoms with Crippen molar-refractivity contribution in [2.75, 3.05) is 0 Å². The van der Waals surface area contributed by atoms with Gasteiger partial charge in [-0.2, -0.15) is 0 Å². The first-order valence-electron chi connectivity index (χ1n) is 5.34. The molecule has 0 saturated carbocycles. The van der Waals surface area contributed by atoms with Crippen molar-refractivity contribution in [2.24, 2.45) is 0 Å². The van der Waals surface area contributed by atoms with Crippen LogP contribution in [-0.4, -0.2) is 15.0 Å². The first-order chi connectivity index (χ1) is 8.74. The van der Waals surface area contributed by atoms with Gasteiger partial charge in [-0.25, -0.2) is 9.37 Å². The van der Waals surface area contributed by atoms with E-state index in [-0.39, 0.29) is 5.56 Å². The largest absolute Gasteiger partial charge is 0.306 e. The number of nitrogens with zero attached hydrogens (tertiary/aromatic N) is 2. The summed E-state index contributed by atoms with van der Waals surface area (Å²) in [6, 6.07) is 7.42. The zero-order chi connectivity index (χ0) is 12.5. The number of benzene rings is 1. The fourth-order valence-electron chi connectivity index (χ4n) is 1.75. The van der Waals surface area contributed by atoms with Gasteiger partial charge in [0.25, 0.3) is 5.56 Å². The molecule has 0 saturated heterocycles. The number of rotatable bonds is 1. The second-order valence-corrected chi connectivity index (χ2v) is 3.82. The van der Waals surface area contributed by atoms with Crippen LogP contribution >= 0.6 is 0 Å². The molecule has 0 radical (unpaired) electrons. The van der Waals surface area contributed by atoms with Gasteiger partial charge in [0.2, 0.25) is 0 Å². The molecular weight excluding hydrogens is 233 g/mol. The summed E-state index contributed by atoms with van der Waals surface area (Å²) in [6.45, 7) is 0. The summed E-state index contributed by atoms with van der Waals surface area (Å²) in [5.41, 5.74) is 0.720. The van der Waals surface area contributed by atoms with Crippen molar-refractivity contribution < 1.29 is 4.39 Å². The molecule has 0 amide bonds. The van der Waals surface area contributed by atoms with Crippen LogP contribution in [0.3, 0.4) is 0 Å². The average molecular weight is 241 g/mol. The predicted octanol–water partition coefficient (Wildman–Crippen LogP) is 2.12. The maximum atomic E-state index is 13.1. The van der Waals surface area contributed by atoms with Crippen LogP contribution in [0.4, 0.5) is 4.39 Å². The highest BCUT2D eigenvalue weighted by Gasteiger charge is 2.06. The fourth-order valence-corrected chi connectivity index (χ4v) is 1.75. The molecule has 1 N–H and O–H groups in total. The summed E-state index contributed by atoms with van der Waals surface area (Å²) in [6.07, 6.45) is 3.21. The molecule has 0 atom stereocenters. The van der Waals surface area contributed by atoms with E-state index in [2.05, 4.69) is 15.0 Å². The first kappa shape index (κ1) is 10.6. The van der Waals surface area contributed by atoms with Crippen molar-refractivity contribution in [1.82, 2.24) is 15.0 Å². The van der Waals surface area contributed by atoms with Gasteiger partial charge in [-0.3, -0.25) is 9.78 Å². The number of H-pyrrole nitrogens is 1. The molecular formula is C13H8FN3O. The molecule has 3 rings (SSSR count). The van der Waals surface area contributed by atoms with Gasteiger partial charge in [-0.05, 0) is 24.3 Å². The summed E-state index contributed by atoms with van der Waals surface area (Å²) in [5, 5.41) is 0.365. The minimum absolute atomic E-state index is 0.293. The lowest BCUT2D eigenvalue weighted by atomic mass is 10.2. The van der Waals surface area contributed by atoms with Gasteiger partial charge < -0.3 is 4.98 Å². The van der Waals surface area contributed by atoms with E-state index in [1.54, 1.807) is 24.5 Å². The third kappa shape index (κ3) is 1.75. The maximum Gasteiger partial charge on any atom is 0.259 e. The third-order valence-corrected chi connectivity index (χ3v) is 2.60. The zero-order valence-electron chi connectivity index (χ0n) is 9.22. The Labute approximate surface area is 101 Å². The van der Waals surface area contributed by atoms with Crippen LogP contribution in [0.15, 0.2) is 47.5 Å². The molecule has 0 unspecified atom stereocenters. The summed E-state index contributed by atoms with van der Waals surface area (Å²) in [7, 11) is 0. The van der Waals surface area contributed by atoms with Gasteiger partial charge >= 0.3 is 0 Å². The lowest BCUT2D eigenvalue weighted by Gasteiger charge is -2.02. The number of aromatic amines is 1. The molecule has 2 heterocycles. The van der Waals surface area contributed by atoms with Crippen LogP contribution in [0.2, 0.25) is 0 Å². The van der Waals surface area contributed by atoms with E-state index in [0.29, 0.717) is 22.3 Å². The lowest BCUT2D eigenvalue weighted by molar-refractivity contribution is 0.629. The average Bonchev–Trinajstić information content (AvgIpc) is 2.39. The van der Waals surface area contributed by atoms with Crippen LogP contribution in [0.1, 0.15) is 0 Å². The second kappa shape index (κ2) is 4.03. The van der Waals surface area contributed by atoms with Crippen LogP contribution in [-0.2, 0) is 0 Å². The highest BCUT2D eigenvalue weighted by molar-refractivity contribution is 5.79. The Morgan fingerprint density at radius 2 is 2.11 bits per heavy atom. The van der Waals surface area contributed by atoms with E-state index in [1.165, 1.54) is 18.2 Å². The van der Waals surface area contributed by atoms with Gasteiger partial charge in [-0.1, -0.05) is 0 Å². The van der Waals surface area contributed by atoms with Crippen LogP contribution in [0.25, 0.3) is 22.3 Å². The van der Waals surface area contributed by atoms with Gasteiger partial charge in [-0.15, -0.1) is 0 Å². The van der Waals surface area contributed by atoms with E-state index in [1.807, 2.05) is 0 Å². The molecule has 0 aliphatic carbocycles. The SMILES string of the molecule is O=c1[nH]c(-c2cccnc2)nc2cc(F)ccc12. The third-order valence-electron chi connectivity index (χ3n) is 2.60. The maximum absolute atomic E-state index is 13.1. The van der Waals surface area contributed by atoms with E-state index < -0.39 is 5.82 Å². The Hall–Kier alpha value is -2.56. The van der Waals surface area contributed by atoms with Crippen molar-refractivity contribution in [3.8, 4) is 11.4 Å². The van der Waals surface area contributed by atoms with E-state index in [4.69, 9.17) is 0 Å².